The predicted octanol–water partition coefficient (Wildman–Crippen LogP) is 3.73. The van der Waals surface area contributed by atoms with Crippen LogP contribution in [-0.2, 0) is 16.6 Å². The van der Waals surface area contributed by atoms with Crippen LogP contribution in [0.3, 0.4) is 0 Å². The van der Waals surface area contributed by atoms with Crippen molar-refractivity contribution < 1.29 is 18.0 Å². The Kier molecular flexibility index (Phi) is 7.68. The molecule has 2 aliphatic heterocycles. The zero-order chi connectivity index (χ0) is 24.1. The molecule has 0 aliphatic carbocycles. The fourth-order valence-corrected chi connectivity index (χ4v) is 6.41. The molecule has 4 rings (SSSR count). The number of nitrogens with zero attached hydrogens (tertiary/aromatic N) is 2. The van der Waals surface area contributed by atoms with Crippen LogP contribution in [0.2, 0.25) is 0 Å². The van der Waals surface area contributed by atoms with Gasteiger partial charge in [0.1, 0.15) is 0 Å². The molecule has 34 heavy (non-hydrogen) atoms. The number of carbonyl (C=O) groups excluding carboxylic acids is 2. The molecule has 0 bridgehead atoms. The van der Waals surface area contributed by atoms with E-state index >= 15 is 0 Å². The van der Waals surface area contributed by atoms with Crippen molar-refractivity contribution in [1.29, 1.82) is 0 Å². The van der Waals surface area contributed by atoms with Crippen LogP contribution < -0.4 is 5.32 Å². The molecule has 2 aromatic carbocycles. The van der Waals surface area contributed by atoms with Gasteiger partial charge in [-0.1, -0.05) is 24.6 Å². The second kappa shape index (κ2) is 10.7. The molecule has 0 aromatic heterocycles. The lowest BCUT2D eigenvalue weighted by Crippen LogP contribution is -2.36. The van der Waals surface area contributed by atoms with Gasteiger partial charge in [-0.05, 0) is 74.4 Å². The van der Waals surface area contributed by atoms with E-state index in [2.05, 4.69) is 5.32 Å². The Morgan fingerprint density at radius 1 is 0.853 bits per heavy atom. The molecule has 0 spiro atoms. The van der Waals surface area contributed by atoms with E-state index < -0.39 is 10.0 Å². The second-order valence-corrected chi connectivity index (χ2v) is 11.1. The van der Waals surface area contributed by atoms with Gasteiger partial charge in [-0.15, -0.1) is 0 Å². The molecular formula is C26H33N3O4S. The molecule has 0 unspecified atom stereocenters. The molecular weight excluding hydrogens is 450 g/mol. The zero-order valence-corrected chi connectivity index (χ0v) is 20.6. The van der Waals surface area contributed by atoms with Gasteiger partial charge < -0.3 is 10.2 Å². The van der Waals surface area contributed by atoms with Crippen LogP contribution in [0.5, 0.6) is 0 Å². The van der Waals surface area contributed by atoms with E-state index in [4.69, 9.17) is 0 Å². The largest absolute Gasteiger partial charge is 0.348 e. The quantitative estimate of drug-likeness (QED) is 0.678. The summed E-state index contributed by atoms with van der Waals surface area (Å²) in [5.41, 5.74) is 2.39. The lowest BCUT2D eigenvalue weighted by molar-refractivity contribution is 0.0724. The van der Waals surface area contributed by atoms with Gasteiger partial charge in [0, 0.05) is 43.9 Å². The van der Waals surface area contributed by atoms with Crippen molar-refractivity contribution >= 4 is 21.8 Å². The maximum absolute atomic E-state index is 13.2. The monoisotopic (exact) mass is 483 g/mol. The highest BCUT2D eigenvalue weighted by molar-refractivity contribution is 7.89. The van der Waals surface area contributed by atoms with E-state index in [1.165, 1.54) is 10.4 Å². The minimum atomic E-state index is -3.63. The third-order valence-electron chi connectivity index (χ3n) is 6.65. The third-order valence-corrected chi connectivity index (χ3v) is 8.69. The third kappa shape index (κ3) is 5.50. The lowest BCUT2D eigenvalue weighted by atomic mass is 10.1. The van der Waals surface area contributed by atoms with Crippen molar-refractivity contribution in [2.24, 2.45) is 0 Å². The smallest absolute Gasteiger partial charge is 0.253 e. The van der Waals surface area contributed by atoms with Crippen molar-refractivity contribution in [3.05, 3.63) is 64.7 Å². The zero-order valence-electron chi connectivity index (χ0n) is 19.8. The molecule has 0 radical (unpaired) electrons. The second-order valence-electron chi connectivity index (χ2n) is 9.18. The molecule has 2 fully saturated rings. The summed E-state index contributed by atoms with van der Waals surface area (Å²) in [6.07, 6.45) is 5.99. The number of aryl methyl sites for hydroxylation is 1. The Morgan fingerprint density at radius 2 is 1.53 bits per heavy atom. The summed E-state index contributed by atoms with van der Waals surface area (Å²) in [4.78, 5) is 27.7. The molecule has 2 saturated heterocycles. The first-order valence-corrected chi connectivity index (χ1v) is 13.6. The molecule has 7 nitrogen and oxygen atoms in total. The first-order chi connectivity index (χ1) is 16.4. The maximum Gasteiger partial charge on any atom is 0.253 e. The first-order valence-electron chi connectivity index (χ1n) is 12.1. The number of rotatable bonds is 6. The number of amides is 2. The summed E-state index contributed by atoms with van der Waals surface area (Å²) in [5.74, 6) is -0.318. The normalized spacial score (nSPS) is 17.4. The highest BCUT2D eigenvalue weighted by atomic mass is 32.2. The number of piperidine rings is 2. The number of benzene rings is 2. The van der Waals surface area contributed by atoms with Gasteiger partial charge in [0.05, 0.1) is 4.90 Å². The minimum Gasteiger partial charge on any atom is -0.348 e. The maximum atomic E-state index is 13.2. The van der Waals surface area contributed by atoms with Crippen LogP contribution in [0.15, 0.2) is 47.4 Å². The fourth-order valence-electron chi connectivity index (χ4n) is 4.64. The van der Waals surface area contributed by atoms with Gasteiger partial charge in [0.2, 0.25) is 10.0 Å². The van der Waals surface area contributed by atoms with Gasteiger partial charge in [0.25, 0.3) is 11.8 Å². The summed E-state index contributed by atoms with van der Waals surface area (Å²) < 4.78 is 27.8. The van der Waals surface area contributed by atoms with Crippen molar-refractivity contribution in [3.63, 3.8) is 0 Å². The van der Waals surface area contributed by atoms with Crippen LogP contribution in [0.1, 0.15) is 70.4 Å². The lowest BCUT2D eigenvalue weighted by Gasteiger charge is -2.27. The van der Waals surface area contributed by atoms with Crippen LogP contribution in [0.4, 0.5) is 0 Å². The standard InChI is InChI=1S/C26H33N3O4S/c1-20-11-12-22(18-24(20)34(32,33)29-15-6-3-7-16-29)25(30)27-19-21-9-8-10-23(17-21)26(31)28-13-4-2-5-14-28/h8-12,17-18H,2-7,13-16,19H2,1H3,(H,27,30). The molecule has 2 heterocycles. The Hall–Kier alpha value is -2.71. The van der Waals surface area contributed by atoms with E-state index in [1.807, 2.05) is 23.1 Å². The van der Waals surface area contributed by atoms with E-state index in [9.17, 15) is 18.0 Å². The van der Waals surface area contributed by atoms with Crippen molar-refractivity contribution in [2.75, 3.05) is 26.2 Å². The van der Waals surface area contributed by atoms with Crippen molar-refractivity contribution in [1.82, 2.24) is 14.5 Å². The highest BCUT2D eigenvalue weighted by Gasteiger charge is 2.28. The fraction of sp³-hybridized carbons (Fsp3) is 0.462. The Morgan fingerprint density at radius 3 is 2.24 bits per heavy atom. The van der Waals surface area contributed by atoms with Crippen LogP contribution >= 0.6 is 0 Å². The summed E-state index contributed by atoms with van der Waals surface area (Å²) in [5, 5.41) is 2.87. The van der Waals surface area contributed by atoms with Crippen LogP contribution in [-0.4, -0.2) is 55.6 Å². The summed E-state index contributed by atoms with van der Waals surface area (Å²) in [7, 11) is -3.63. The average Bonchev–Trinajstić information content (AvgIpc) is 2.88. The number of hydrogen-bond donors (Lipinski definition) is 1. The topological polar surface area (TPSA) is 86.8 Å². The van der Waals surface area contributed by atoms with Gasteiger partial charge in [-0.2, -0.15) is 4.31 Å². The molecule has 0 saturated carbocycles. The van der Waals surface area contributed by atoms with Gasteiger partial charge >= 0.3 is 0 Å². The van der Waals surface area contributed by atoms with Gasteiger partial charge in [-0.25, -0.2) is 8.42 Å². The van der Waals surface area contributed by atoms with Crippen molar-refractivity contribution in [3.8, 4) is 0 Å². The minimum absolute atomic E-state index is 0.0268. The summed E-state index contributed by atoms with van der Waals surface area (Å²) >= 11 is 0. The Bertz CT molecular complexity index is 1150. The number of sulfonamides is 1. The van der Waals surface area contributed by atoms with Crippen LogP contribution in [0, 0.1) is 6.92 Å². The molecule has 0 atom stereocenters. The van der Waals surface area contributed by atoms with E-state index in [-0.39, 0.29) is 23.3 Å². The SMILES string of the molecule is Cc1ccc(C(=O)NCc2cccc(C(=O)N3CCCCC3)c2)cc1S(=O)(=O)N1CCCCC1. The average molecular weight is 484 g/mol. The molecule has 2 aliphatic rings. The summed E-state index contributed by atoms with van der Waals surface area (Å²) in [6, 6.07) is 12.1. The number of carbonyl (C=O) groups is 2. The molecule has 182 valence electrons. The molecule has 2 aromatic rings. The number of likely N-dealkylation sites (tertiary alicyclic amines) is 1. The van der Waals surface area contributed by atoms with E-state index in [0.29, 0.717) is 29.8 Å². The van der Waals surface area contributed by atoms with Crippen molar-refractivity contribution in [2.45, 2.75) is 56.9 Å². The number of hydrogen-bond acceptors (Lipinski definition) is 4. The molecule has 1 N–H and O–H groups in total. The molecule has 8 heteroatoms. The van der Waals surface area contributed by atoms with E-state index in [0.717, 1.165) is 57.2 Å². The van der Waals surface area contributed by atoms with Crippen LogP contribution in [0.25, 0.3) is 0 Å². The van der Waals surface area contributed by atoms with Gasteiger partial charge in [0.15, 0.2) is 0 Å². The predicted molar refractivity (Wildman–Crippen MR) is 131 cm³/mol. The first kappa shape index (κ1) is 24.4. The Labute approximate surface area is 202 Å². The molecule has 2 amide bonds. The summed E-state index contributed by atoms with van der Waals surface area (Å²) in [6.45, 7) is 4.62. The Balaban J connectivity index is 1.44. The van der Waals surface area contributed by atoms with Gasteiger partial charge in [-0.3, -0.25) is 9.59 Å². The number of nitrogens with one attached hydrogen (secondary N) is 1. The van der Waals surface area contributed by atoms with E-state index in [1.54, 1.807) is 25.1 Å². The highest BCUT2D eigenvalue weighted by Crippen LogP contribution is 2.24.